The van der Waals surface area contributed by atoms with Crippen LogP contribution in [0, 0.1) is 11.6 Å². The number of piperazine rings is 1. The molecule has 2 heterocycles. The van der Waals surface area contributed by atoms with Gasteiger partial charge in [0.1, 0.15) is 17.2 Å². The number of anilines is 2. The Labute approximate surface area is 196 Å². The third kappa shape index (κ3) is 4.40. The third-order valence-corrected chi connectivity index (χ3v) is 6.10. The highest BCUT2D eigenvalue weighted by atomic mass is 19.1. The molecule has 2 aromatic carbocycles. The molecule has 4 rings (SSSR count). The highest BCUT2D eigenvalue weighted by molar-refractivity contribution is 5.92. The molecule has 0 saturated carbocycles. The van der Waals surface area contributed by atoms with E-state index in [1.165, 1.54) is 20.3 Å². The van der Waals surface area contributed by atoms with Gasteiger partial charge in [-0.05, 0) is 31.0 Å². The Balaban J connectivity index is 1.51. The molecule has 180 valence electrons. The average molecular weight is 472 g/mol. The zero-order chi connectivity index (χ0) is 24.4. The van der Waals surface area contributed by atoms with Crippen molar-refractivity contribution >= 4 is 28.6 Å². The van der Waals surface area contributed by atoms with E-state index in [4.69, 9.17) is 15.2 Å². The highest BCUT2D eigenvalue weighted by Crippen LogP contribution is 2.37. The number of nitrogens with zero attached hydrogens (tertiary/aromatic N) is 4. The van der Waals surface area contributed by atoms with Gasteiger partial charge in [0.2, 0.25) is 11.9 Å². The lowest BCUT2D eigenvalue weighted by molar-refractivity contribution is -0.131. The quantitative estimate of drug-likeness (QED) is 0.590. The number of nitrogen functional groups attached to an aromatic ring is 1. The Morgan fingerprint density at radius 2 is 1.94 bits per heavy atom. The molecular weight excluding hydrogens is 444 g/mol. The van der Waals surface area contributed by atoms with Crippen LogP contribution in [0.1, 0.15) is 18.9 Å². The maximum absolute atomic E-state index is 15.1. The normalized spacial score (nSPS) is 16.1. The van der Waals surface area contributed by atoms with E-state index in [2.05, 4.69) is 9.97 Å². The topological polar surface area (TPSA) is 93.8 Å². The van der Waals surface area contributed by atoms with Crippen LogP contribution in [0.25, 0.3) is 10.9 Å². The lowest BCUT2D eigenvalue weighted by Gasteiger charge is -2.40. The van der Waals surface area contributed by atoms with Crippen molar-refractivity contribution in [1.29, 1.82) is 0 Å². The van der Waals surface area contributed by atoms with Crippen LogP contribution in [0.3, 0.4) is 0 Å². The molecule has 1 aliphatic rings. The summed E-state index contributed by atoms with van der Waals surface area (Å²) >= 11 is 0. The number of hydrogen-bond donors (Lipinski definition) is 1. The summed E-state index contributed by atoms with van der Waals surface area (Å²) < 4.78 is 39.3. The molecule has 1 aliphatic heterocycles. The first-order valence-corrected chi connectivity index (χ1v) is 11.0. The van der Waals surface area contributed by atoms with E-state index >= 15 is 4.39 Å². The molecular formula is C24H27F2N5O3. The molecule has 2 N–H and O–H groups in total. The van der Waals surface area contributed by atoms with Gasteiger partial charge in [-0.2, -0.15) is 4.98 Å². The molecule has 3 aromatic rings. The SMILES string of the molecule is COc1cc2c(N)nc(N3CCN(C(=O)CCc4ccccc4F)CC3C)nc2c(F)c1OC. The number of benzene rings is 2. The second-order valence-corrected chi connectivity index (χ2v) is 8.20. The minimum absolute atomic E-state index is 0.0377. The van der Waals surface area contributed by atoms with Crippen molar-refractivity contribution in [3.8, 4) is 11.5 Å². The van der Waals surface area contributed by atoms with E-state index < -0.39 is 5.82 Å². The summed E-state index contributed by atoms with van der Waals surface area (Å²) in [6.45, 7) is 3.26. The fourth-order valence-corrected chi connectivity index (χ4v) is 4.25. The number of halogens is 2. The zero-order valence-electron chi connectivity index (χ0n) is 19.3. The largest absolute Gasteiger partial charge is 0.493 e. The number of carbonyl (C=O) groups is 1. The first kappa shape index (κ1) is 23.5. The molecule has 1 unspecified atom stereocenters. The first-order valence-electron chi connectivity index (χ1n) is 11.0. The fraction of sp³-hybridized carbons (Fsp3) is 0.375. The number of nitrogens with two attached hydrogens (primary N) is 1. The zero-order valence-corrected chi connectivity index (χ0v) is 19.3. The summed E-state index contributed by atoms with van der Waals surface area (Å²) in [5, 5.41) is 0.327. The van der Waals surface area contributed by atoms with Crippen molar-refractivity contribution in [2.24, 2.45) is 0 Å². The van der Waals surface area contributed by atoms with Crippen LogP contribution in [0.5, 0.6) is 11.5 Å². The summed E-state index contributed by atoms with van der Waals surface area (Å²) in [7, 11) is 2.76. The Hall–Kier alpha value is -3.69. The van der Waals surface area contributed by atoms with E-state index in [0.29, 0.717) is 37.0 Å². The van der Waals surface area contributed by atoms with Crippen molar-refractivity contribution < 1.29 is 23.0 Å². The molecule has 0 radical (unpaired) electrons. The molecule has 0 spiro atoms. The third-order valence-electron chi connectivity index (χ3n) is 6.10. The lowest BCUT2D eigenvalue weighted by atomic mass is 10.1. The summed E-state index contributed by atoms with van der Waals surface area (Å²) in [6, 6.07) is 7.88. The van der Waals surface area contributed by atoms with Gasteiger partial charge >= 0.3 is 0 Å². The van der Waals surface area contributed by atoms with Gasteiger partial charge in [0.05, 0.1) is 14.2 Å². The van der Waals surface area contributed by atoms with Gasteiger partial charge in [0.15, 0.2) is 17.3 Å². The number of hydrogen-bond acceptors (Lipinski definition) is 7. The van der Waals surface area contributed by atoms with Crippen molar-refractivity contribution in [3.05, 3.63) is 47.5 Å². The highest BCUT2D eigenvalue weighted by Gasteiger charge is 2.29. The van der Waals surface area contributed by atoms with Crippen molar-refractivity contribution in [3.63, 3.8) is 0 Å². The van der Waals surface area contributed by atoms with E-state index in [0.717, 1.165) is 0 Å². The minimum Gasteiger partial charge on any atom is -0.493 e. The van der Waals surface area contributed by atoms with Crippen molar-refractivity contribution in [2.75, 3.05) is 44.5 Å². The van der Waals surface area contributed by atoms with Gasteiger partial charge in [-0.1, -0.05) is 18.2 Å². The Morgan fingerprint density at radius 3 is 2.62 bits per heavy atom. The van der Waals surface area contributed by atoms with Crippen molar-refractivity contribution in [1.82, 2.24) is 14.9 Å². The number of carbonyl (C=O) groups excluding carboxylic acids is 1. The number of aromatic nitrogens is 2. The van der Waals surface area contributed by atoms with Crippen LogP contribution in [0.15, 0.2) is 30.3 Å². The average Bonchev–Trinajstić information content (AvgIpc) is 2.83. The molecule has 10 heteroatoms. The number of rotatable bonds is 6. The monoisotopic (exact) mass is 471 g/mol. The van der Waals surface area contributed by atoms with Gasteiger partial charge in [0, 0.05) is 37.5 Å². The van der Waals surface area contributed by atoms with Crippen LogP contribution in [-0.2, 0) is 11.2 Å². The Morgan fingerprint density at radius 1 is 1.18 bits per heavy atom. The minimum atomic E-state index is -0.679. The number of aryl methyl sites for hydroxylation is 1. The summed E-state index contributed by atoms with van der Waals surface area (Å²) in [5.74, 6) is -0.485. The van der Waals surface area contributed by atoms with Crippen LogP contribution >= 0.6 is 0 Å². The predicted molar refractivity (Wildman–Crippen MR) is 125 cm³/mol. The second-order valence-electron chi connectivity index (χ2n) is 8.20. The standard InChI is InChI=1S/C24H27F2N5O3/c1-14-13-30(19(32)9-8-15-6-4-5-7-17(15)25)10-11-31(14)24-28-21-16(23(27)29-24)12-18(33-2)22(34-3)20(21)26/h4-7,12,14H,8-11,13H2,1-3H3,(H2,27,28,29). The Bertz CT molecular complexity index is 1220. The smallest absolute Gasteiger partial charge is 0.228 e. The van der Waals surface area contributed by atoms with Gasteiger partial charge in [0.25, 0.3) is 0 Å². The maximum atomic E-state index is 15.1. The summed E-state index contributed by atoms with van der Waals surface area (Å²) in [4.78, 5) is 25.2. The number of ether oxygens (including phenoxy) is 2. The van der Waals surface area contributed by atoms with E-state index in [-0.39, 0.29) is 53.0 Å². The van der Waals surface area contributed by atoms with Crippen LogP contribution in [-0.4, -0.2) is 60.7 Å². The second kappa shape index (κ2) is 9.66. The van der Waals surface area contributed by atoms with Gasteiger partial charge in [-0.15, -0.1) is 0 Å². The summed E-state index contributed by atoms with van der Waals surface area (Å²) in [6.07, 6.45) is 0.564. The fourth-order valence-electron chi connectivity index (χ4n) is 4.25. The molecule has 0 aliphatic carbocycles. The predicted octanol–water partition coefficient (Wildman–Crippen LogP) is 3.18. The summed E-state index contributed by atoms with van der Waals surface area (Å²) in [5.41, 5.74) is 6.70. The number of fused-ring (bicyclic) bond motifs is 1. The van der Waals surface area contributed by atoms with Crippen LogP contribution in [0.4, 0.5) is 20.5 Å². The molecule has 1 saturated heterocycles. The number of methoxy groups -OCH3 is 2. The molecule has 1 fully saturated rings. The molecule has 1 aromatic heterocycles. The molecule has 34 heavy (non-hydrogen) atoms. The molecule has 8 nitrogen and oxygen atoms in total. The van der Waals surface area contributed by atoms with Crippen LogP contribution < -0.4 is 20.1 Å². The van der Waals surface area contributed by atoms with E-state index in [1.54, 1.807) is 29.2 Å². The van der Waals surface area contributed by atoms with E-state index in [1.807, 2.05) is 11.8 Å². The Kier molecular flexibility index (Phi) is 6.67. The van der Waals surface area contributed by atoms with Gasteiger partial charge < -0.3 is 25.0 Å². The van der Waals surface area contributed by atoms with Gasteiger partial charge in [-0.25, -0.2) is 13.8 Å². The van der Waals surface area contributed by atoms with Crippen molar-refractivity contribution in [2.45, 2.75) is 25.8 Å². The van der Waals surface area contributed by atoms with Gasteiger partial charge in [-0.3, -0.25) is 4.79 Å². The van der Waals surface area contributed by atoms with E-state index in [9.17, 15) is 9.18 Å². The number of amides is 1. The molecule has 1 amide bonds. The maximum Gasteiger partial charge on any atom is 0.228 e. The molecule has 0 bridgehead atoms. The first-order chi connectivity index (χ1) is 16.3. The lowest BCUT2D eigenvalue weighted by Crippen LogP contribution is -2.54. The van der Waals surface area contributed by atoms with Crippen LogP contribution in [0.2, 0.25) is 0 Å². The molecule has 1 atom stereocenters.